The Morgan fingerprint density at radius 1 is 1.25 bits per heavy atom. The molecule has 2 heterocycles. The van der Waals surface area contributed by atoms with Crippen molar-refractivity contribution in [3.63, 3.8) is 0 Å². The Morgan fingerprint density at radius 2 is 2.05 bits per heavy atom. The first-order valence-corrected chi connectivity index (χ1v) is 5.61. The van der Waals surface area contributed by atoms with Gasteiger partial charge in [-0.3, -0.25) is 4.79 Å². The summed E-state index contributed by atoms with van der Waals surface area (Å²) < 4.78 is 4.90. The Morgan fingerprint density at radius 3 is 2.65 bits per heavy atom. The van der Waals surface area contributed by atoms with Gasteiger partial charge in [-0.25, -0.2) is 14.8 Å². The van der Waals surface area contributed by atoms with Gasteiger partial charge in [0.15, 0.2) is 0 Å². The molecule has 0 fully saturated rings. The highest BCUT2D eigenvalue weighted by molar-refractivity contribution is 6.05. The lowest BCUT2D eigenvalue weighted by molar-refractivity contribution is 0.0690. The van der Waals surface area contributed by atoms with Crippen molar-refractivity contribution in [2.45, 2.75) is 0 Å². The van der Waals surface area contributed by atoms with Crippen LogP contribution in [0.5, 0.6) is 5.88 Å². The zero-order valence-electron chi connectivity index (χ0n) is 10.5. The van der Waals surface area contributed by atoms with Gasteiger partial charge in [-0.05, 0) is 18.2 Å². The quantitative estimate of drug-likeness (QED) is 0.873. The van der Waals surface area contributed by atoms with Gasteiger partial charge in [0.2, 0.25) is 5.88 Å². The summed E-state index contributed by atoms with van der Waals surface area (Å²) in [7, 11) is 1.49. The SMILES string of the molecule is COc1ccc(NC(=O)c2ccnc(C(=O)O)c2)cn1. The number of nitrogens with zero attached hydrogens (tertiary/aromatic N) is 2. The Bertz CT molecular complexity index is 640. The molecule has 1 amide bonds. The van der Waals surface area contributed by atoms with Crippen LogP contribution in [0, 0.1) is 0 Å². The number of pyridine rings is 2. The van der Waals surface area contributed by atoms with Crippen LogP contribution in [-0.2, 0) is 0 Å². The van der Waals surface area contributed by atoms with Crippen LogP contribution < -0.4 is 10.1 Å². The van der Waals surface area contributed by atoms with Crippen LogP contribution in [0.1, 0.15) is 20.8 Å². The highest BCUT2D eigenvalue weighted by atomic mass is 16.5. The molecule has 0 spiro atoms. The van der Waals surface area contributed by atoms with E-state index >= 15 is 0 Å². The number of hydrogen-bond donors (Lipinski definition) is 2. The van der Waals surface area contributed by atoms with Crippen molar-refractivity contribution in [3.8, 4) is 5.88 Å². The van der Waals surface area contributed by atoms with E-state index in [9.17, 15) is 9.59 Å². The van der Waals surface area contributed by atoms with Gasteiger partial charge in [-0.2, -0.15) is 0 Å². The molecule has 0 aromatic carbocycles. The van der Waals surface area contributed by atoms with E-state index < -0.39 is 11.9 Å². The molecule has 0 unspecified atom stereocenters. The second kappa shape index (κ2) is 5.79. The van der Waals surface area contributed by atoms with Crippen LogP contribution in [0.25, 0.3) is 0 Å². The van der Waals surface area contributed by atoms with Crippen LogP contribution in [-0.4, -0.2) is 34.1 Å². The van der Waals surface area contributed by atoms with E-state index in [1.165, 1.54) is 31.6 Å². The molecule has 7 nitrogen and oxygen atoms in total. The van der Waals surface area contributed by atoms with E-state index in [2.05, 4.69) is 15.3 Å². The Labute approximate surface area is 114 Å². The molecule has 0 aliphatic heterocycles. The first-order valence-electron chi connectivity index (χ1n) is 5.61. The van der Waals surface area contributed by atoms with Gasteiger partial charge in [0, 0.05) is 17.8 Å². The topological polar surface area (TPSA) is 101 Å². The van der Waals surface area contributed by atoms with Crippen molar-refractivity contribution in [1.29, 1.82) is 0 Å². The zero-order valence-corrected chi connectivity index (χ0v) is 10.5. The maximum absolute atomic E-state index is 12.0. The van der Waals surface area contributed by atoms with Crippen LogP contribution in [0.2, 0.25) is 0 Å². The number of carbonyl (C=O) groups is 2. The number of aromatic carboxylic acids is 1. The number of anilines is 1. The molecule has 20 heavy (non-hydrogen) atoms. The summed E-state index contributed by atoms with van der Waals surface area (Å²) in [5.41, 5.74) is 0.489. The molecule has 2 aromatic rings. The van der Waals surface area contributed by atoms with Gasteiger partial charge in [-0.15, -0.1) is 0 Å². The summed E-state index contributed by atoms with van der Waals surface area (Å²) in [4.78, 5) is 30.3. The van der Waals surface area contributed by atoms with Crippen molar-refractivity contribution in [2.75, 3.05) is 12.4 Å². The predicted molar refractivity (Wildman–Crippen MR) is 69.9 cm³/mol. The van der Waals surface area contributed by atoms with E-state index in [-0.39, 0.29) is 11.3 Å². The molecule has 2 N–H and O–H groups in total. The van der Waals surface area contributed by atoms with Gasteiger partial charge in [0.05, 0.1) is 19.0 Å². The summed E-state index contributed by atoms with van der Waals surface area (Å²) in [5, 5.41) is 11.4. The molecule has 2 aromatic heterocycles. The van der Waals surface area contributed by atoms with Gasteiger partial charge in [0.25, 0.3) is 5.91 Å². The maximum Gasteiger partial charge on any atom is 0.354 e. The third kappa shape index (κ3) is 3.08. The lowest BCUT2D eigenvalue weighted by Crippen LogP contribution is -2.13. The smallest absolute Gasteiger partial charge is 0.354 e. The lowest BCUT2D eigenvalue weighted by atomic mass is 10.2. The minimum atomic E-state index is -1.19. The van der Waals surface area contributed by atoms with Crippen molar-refractivity contribution < 1.29 is 19.4 Å². The van der Waals surface area contributed by atoms with Gasteiger partial charge in [0.1, 0.15) is 5.69 Å². The molecule has 0 atom stereocenters. The van der Waals surface area contributed by atoms with E-state index in [4.69, 9.17) is 9.84 Å². The Balaban J connectivity index is 2.14. The number of rotatable bonds is 4. The highest BCUT2D eigenvalue weighted by Gasteiger charge is 2.11. The van der Waals surface area contributed by atoms with Crippen molar-refractivity contribution in [1.82, 2.24) is 9.97 Å². The number of aromatic nitrogens is 2. The van der Waals surface area contributed by atoms with Crippen LogP contribution in [0.15, 0.2) is 36.7 Å². The molecule has 2 rings (SSSR count). The fourth-order valence-electron chi connectivity index (χ4n) is 1.47. The average Bonchev–Trinajstić information content (AvgIpc) is 2.48. The molecule has 0 radical (unpaired) electrons. The largest absolute Gasteiger partial charge is 0.481 e. The van der Waals surface area contributed by atoms with E-state index in [0.717, 1.165) is 0 Å². The molecule has 0 saturated carbocycles. The molecule has 0 aliphatic carbocycles. The normalized spacial score (nSPS) is 9.85. The summed E-state index contributed by atoms with van der Waals surface area (Å²) in [6, 6.07) is 5.86. The van der Waals surface area contributed by atoms with Crippen molar-refractivity contribution in [2.24, 2.45) is 0 Å². The number of amides is 1. The fraction of sp³-hybridized carbons (Fsp3) is 0.0769. The number of carboxylic acid groups (broad SMARTS) is 1. The lowest BCUT2D eigenvalue weighted by Gasteiger charge is -2.06. The minimum absolute atomic E-state index is 0.189. The highest BCUT2D eigenvalue weighted by Crippen LogP contribution is 2.12. The second-order valence-corrected chi connectivity index (χ2v) is 3.78. The molecule has 0 bridgehead atoms. The Kier molecular flexibility index (Phi) is 3.90. The van der Waals surface area contributed by atoms with E-state index in [0.29, 0.717) is 11.6 Å². The predicted octanol–water partition coefficient (Wildman–Crippen LogP) is 1.44. The molecule has 7 heteroatoms. The number of carbonyl (C=O) groups excluding carboxylic acids is 1. The third-order valence-corrected chi connectivity index (χ3v) is 2.44. The third-order valence-electron chi connectivity index (χ3n) is 2.44. The van der Waals surface area contributed by atoms with E-state index in [1.807, 2.05) is 0 Å². The summed E-state index contributed by atoms with van der Waals surface area (Å²) in [5.74, 6) is -1.20. The average molecular weight is 273 g/mol. The van der Waals surface area contributed by atoms with Crippen LogP contribution in [0.3, 0.4) is 0 Å². The fourth-order valence-corrected chi connectivity index (χ4v) is 1.47. The van der Waals surface area contributed by atoms with Crippen LogP contribution >= 0.6 is 0 Å². The summed E-state index contributed by atoms with van der Waals surface area (Å²) in [6.45, 7) is 0. The number of hydrogen-bond acceptors (Lipinski definition) is 5. The van der Waals surface area contributed by atoms with Gasteiger partial charge in [-0.1, -0.05) is 0 Å². The molecule has 102 valence electrons. The molecule has 0 saturated heterocycles. The van der Waals surface area contributed by atoms with Crippen molar-refractivity contribution in [3.05, 3.63) is 47.9 Å². The number of ether oxygens (including phenoxy) is 1. The van der Waals surface area contributed by atoms with Crippen LogP contribution in [0.4, 0.5) is 5.69 Å². The van der Waals surface area contributed by atoms with Crippen molar-refractivity contribution >= 4 is 17.6 Å². The molecular formula is C13H11N3O4. The maximum atomic E-state index is 12.0. The number of nitrogens with one attached hydrogen (secondary N) is 1. The van der Waals surface area contributed by atoms with E-state index in [1.54, 1.807) is 12.1 Å². The summed E-state index contributed by atoms with van der Waals surface area (Å²) >= 11 is 0. The Hall–Kier alpha value is -2.96. The molecular weight excluding hydrogens is 262 g/mol. The number of carboxylic acids is 1. The van der Waals surface area contributed by atoms with Gasteiger partial charge >= 0.3 is 5.97 Å². The second-order valence-electron chi connectivity index (χ2n) is 3.78. The van der Waals surface area contributed by atoms with Gasteiger partial charge < -0.3 is 15.2 Å². The first-order chi connectivity index (χ1) is 9.60. The standard InChI is InChI=1S/C13H11N3O4/c1-20-11-3-2-9(7-15-11)16-12(17)8-4-5-14-10(6-8)13(18)19/h2-7H,1H3,(H,16,17)(H,18,19). The summed E-state index contributed by atoms with van der Waals surface area (Å²) in [6.07, 6.45) is 2.71. The first kappa shape index (κ1) is 13.5. The monoisotopic (exact) mass is 273 g/mol. The zero-order chi connectivity index (χ0) is 14.5. The minimum Gasteiger partial charge on any atom is -0.481 e. The number of methoxy groups -OCH3 is 1. The molecule has 0 aliphatic rings.